The Hall–Kier alpha value is -1.98. The Kier molecular flexibility index (Phi) is 8.44. The molecule has 0 saturated heterocycles. The second kappa shape index (κ2) is 11.1. The smallest absolute Gasteiger partial charge is 0.240 e. The number of hydrogen-bond acceptors (Lipinski definition) is 7. The molecule has 164 valence electrons. The Balaban J connectivity index is 1.40. The largest absolute Gasteiger partial charge is 0.300 e. The standard InChI is InChI=1S/C20H21ClN4O3S3/c1-14-2-8-17(9-3-14)31(27,28)22-11-10-19-24-25-20(30-19)23-18(26)13-29-12-15-4-6-16(21)7-5-15/h2-9,22H,10-13H2,1H3,(H,23,25,26). The average Bonchev–Trinajstić information content (AvgIpc) is 3.16. The lowest BCUT2D eigenvalue weighted by atomic mass is 10.2. The van der Waals surface area contributed by atoms with Crippen LogP contribution in [0.2, 0.25) is 5.02 Å². The predicted molar refractivity (Wildman–Crippen MR) is 126 cm³/mol. The molecule has 1 amide bonds. The molecule has 1 aromatic heterocycles. The number of carbonyl (C=O) groups is 1. The van der Waals surface area contributed by atoms with Gasteiger partial charge in [0.05, 0.1) is 10.6 Å². The van der Waals surface area contributed by atoms with Crippen LogP contribution < -0.4 is 10.0 Å². The molecule has 0 bridgehead atoms. The molecule has 1 heterocycles. The maximum absolute atomic E-state index is 12.3. The van der Waals surface area contributed by atoms with Gasteiger partial charge in [0.15, 0.2) is 0 Å². The normalized spacial score (nSPS) is 11.4. The van der Waals surface area contributed by atoms with Crippen LogP contribution in [0, 0.1) is 6.92 Å². The number of aryl methyl sites for hydroxylation is 1. The Morgan fingerprint density at radius 2 is 1.81 bits per heavy atom. The van der Waals surface area contributed by atoms with Crippen molar-refractivity contribution in [1.82, 2.24) is 14.9 Å². The topological polar surface area (TPSA) is 101 Å². The van der Waals surface area contributed by atoms with Crippen LogP contribution in [-0.4, -0.2) is 36.8 Å². The third kappa shape index (κ3) is 7.58. The van der Waals surface area contributed by atoms with E-state index < -0.39 is 10.0 Å². The van der Waals surface area contributed by atoms with Gasteiger partial charge in [-0.25, -0.2) is 13.1 Å². The second-order valence-electron chi connectivity index (χ2n) is 6.63. The lowest BCUT2D eigenvalue weighted by molar-refractivity contribution is -0.113. The summed E-state index contributed by atoms with van der Waals surface area (Å²) < 4.78 is 27.1. The average molecular weight is 497 g/mol. The number of nitrogens with one attached hydrogen (secondary N) is 2. The predicted octanol–water partition coefficient (Wildman–Crippen LogP) is 3.89. The molecule has 0 fully saturated rings. The van der Waals surface area contributed by atoms with Gasteiger partial charge < -0.3 is 0 Å². The molecule has 2 aromatic carbocycles. The summed E-state index contributed by atoms with van der Waals surface area (Å²) in [5.41, 5.74) is 2.08. The third-order valence-electron chi connectivity index (χ3n) is 4.09. The van der Waals surface area contributed by atoms with E-state index in [4.69, 9.17) is 11.6 Å². The maximum Gasteiger partial charge on any atom is 0.240 e. The summed E-state index contributed by atoms with van der Waals surface area (Å²) in [5.74, 6) is 0.822. The molecular weight excluding hydrogens is 476 g/mol. The number of thioether (sulfide) groups is 1. The molecular formula is C20H21ClN4O3S3. The van der Waals surface area contributed by atoms with E-state index in [1.165, 1.54) is 23.1 Å². The molecule has 0 aliphatic rings. The summed E-state index contributed by atoms with van der Waals surface area (Å²) in [6.45, 7) is 2.09. The van der Waals surface area contributed by atoms with Gasteiger partial charge in [0, 0.05) is 23.7 Å². The molecule has 3 rings (SSSR count). The van der Waals surface area contributed by atoms with Gasteiger partial charge in [0.1, 0.15) is 5.01 Å². The lowest BCUT2D eigenvalue weighted by Crippen LogP contribution is -2.25. The van der Waals surface area contributed by atoms with E-state index in [1.807, 2.05) is 31.2 Å². The van der Waals surface area contributed by atoms with Crippen LogP contribution in [0.1, 0.15) is 16.1 Å². The zero-order chi connectivity index (χ0) is 22.3. The minimum Gasteiger partial charge on any atom is -0.300 e. The zero-order valence-corrected chi connectivity index (χ0v) is 19.9. The first-order chi connectivity index (χ1) is 14.8. The lowest BCUT2D eigenvalue weighted by Gasteiger charge is -2.05. The molecule has 3 aromatic rings. The molecule has 11 heteroatoms. The van der Waals surface area contributed by atoms with E-state index in [0.29, 0.717) is 27.3 Å². The fourth-order valence-corrected chi connectivity index (χ4v) is 5.20. The van der Waals surface area contributed by atoms with Crippen LogP contribution in [0.25, 0.3) is 0 Å². The van der Waals surface area contributed by atoms with E-state index >= 15 is 0 Å². The number of carbonyl (C=O) groups excluding carboxylic acids is 1. The van der Waals surface area contributed by atoms with Gasteiger partial charge in [-0.05, 0) is 36.8 Å². The van der Waals surface area contributed by atoms with Gasteiger partial charge in [0.2, 0.25) is 21.1 Å². The van der Waals surface area contributed by atoms with Crippen LogP contribution in [0.15, 0.2) is 53.4 Å². The van der Waals surface area contributed by atoms with E-state index in [-0.39, 0.29) is 23.1 Å². The molecule has 0 spiro atoms. The Bertz CT molecular complexity index is 1120. The molecule has 2 N–H and O–H groups in total. The van der Waals surface area contributed by atoms with Crippen molar-refractivity contribution in [1.29, 1.82) is 0 Å². The Morgan fingerprint density at radius 3 is 2.52 bits per heavy atom. The Labute approximate surface area is 194 Å². The SMILES string of the molecule is Cc1ccc(S(=O)(=O)NCCc2nnc(NC(=O)CSCc3ccc(Cl)cc3)s2)cc1. The molecule has 7 nitrogen and oxygen atoms in total. The second-order valence-corrected chi connectivity index (χ2v) is 10.9. The zero-order valence-electron chi connectivity index (χ0n) is 16.7. The fourth-order valence-electron chi connectivity index (χ4n) is 2.50. The molecule has 0 unspecified atom stereocenters. The third-order valence-corrected chi connectivity index (χ3v) is 7.72. The fraction of sp³-hybridized carbons (Fsp3) is 0.250. The first-order valence-corrected chi connectivity index (χ1v) is 13.2. The highest BCUT2D eigenvalue weighted by Crippen LogP contribution is 2.18. The number of benzene rings is 2. The summed E-state index contributed by atoms with van der Waals surface area (Å²) >= 11 is 8.57. The number of nitrogens with zero attached hydrogens (tertiary/aromatic N) is 2. The van der Waals surface area contributed by atoms with Crippen molar-refractivity contribution in [3.05, 3.63) is 69.7 Å². The maximum atomic E-state index is 12.3. The first-order valence-electron chi connectivity index (χ1n) is 9.32. The van der Waals surface area contributed by atoms with Crippen molar-refractivity contribution in [3.8, 4) is 0 Å². The van der Waals surface area contributed by atoms with Gasteiger partial charge in [-0.15, -0.1) is 22.0 Å². The van der Waals surface area contributed by atoms with Gasteiger partial charge in [0.25, 0.3) is 0 Å². The van der Waals surface area contributed by atoms with Gasteiger partial charge in [-0.2, -0.15) is 0 Å². The van der Waals surface area contributed by atoms with E-state index in [0.717, 1.165) is 11.1 Å². The summed E-state index contributed by atoms with van der Waals surface area (Å²) in [6, 6.07) is 14.1. The van der Waals surface area contributed by atoms with Gasteiger partial charge in [-0.3, -0.25) is 10.1 Å². The molecule has 0 aliphatic heterocycles. The van der Waals surface area contributed by atoms with Gasteiger partial charge in [-0.1, -0.05) is 52.8 Å². The quantitative estimate of drug-likeness (QED) is 0.441. The Morgan fingerprint density at radius 1 is 1.10 bits per heavy atom. The molecule has 0 radical (unpaired) electrons. The number of anilines is 1. The van der Waals surface area contributed by atoms with Crippen molar-refractivity contribution in [2.45, 2.75) is 24.0 Å². The molecule has 31 heavy (non-hydrogen) atoms. The van der Waals surface area contributed by atoms with Crippen LogP contribution in [0.4, 0.5) is 5.13 Å². The van der Waals surface area contributed by atoms with Crippen LogP contribution >= 0.6 is 34.7 Å². The molecule has 0 saturated carbocycles. The summed E-state index contributed by atoms with van der Waals surface area (Å²) in [7, 11) is -3.57. The summed E-state index contributed by atoms with van der Waals surface area (Å²) in [5, 5.41) is 12.4. The summed E-state index contributed by atoms with van der Waals surface area (Å²) in [6.07, 6.45) is 0.379. The van der Waals surface area contributed by atoms with Crippen molar-refractivity contribution >= 4 is 55.8 Å². The number of rotatable bonds is 10. The van der Waals surface area contributed by atoms with Gasteiger partial charge >= 0.3 is 0 Å². The number of halogens is 1. The van der Waals surface area contributed by atoms with Crippen molar-refractivity contribution in [3.63, 3.8) is 0 Å². The number of amides is 1. The van der Waals surface area contributed by atoms with Crippen LogP contribution in [-0.2, 0) is 27.0 Å². The van der Waals surface area contributed by atoms with E-state index in [9.17, 15) is 13.2 Å². The number of hydrogen-bond donors (Lipinski definition) is 2. The summed E-state index contributed by atoms with van der Waals surface area (Å²) in [4.78, 5) is 12.3. The van der Waals surface area contributed by atoms with E-state index in [2.05, 4.69) is 20.2 Å². The highest BCUT2D eigenvalue weighted by Gasteiger charge is 2.14. The van der Waals surface area contributed by atoms with Crippen LogP contribution in [0.3, 0.4) is 0 Å². The van der Waals surface area contributed by atoms with Crippen molar-refractivity contribution in [2.24, 2.45) is 0 Å². The van der Waals surface area contributed by atoms with Crippen molar-refractivity contribution < 1.29 is 13.2 Å². The minimum absolute atomic E-state index is 0.165. The molecule has 0 aliphatic carbocycles. The van der Waals surface area contributed by atoms with Crippen molar-refractivity contribution in [2.75, 3.05) is 17.6 Å². The first kappa shape index (κ1) is 23.7. The van der Waals surface area contributed by atoms with E-state index in [1.54, 1.807) is 24.3 Å². The number of sulfonamides is 1. The van der Waals surface area contributed by atoms with Crippen LogP contribution in [0.5, 0.6) is 0 Å². The molecule has 0 atom stereocenters. The minimum atomic E-state index is -3.57. The highest BCUT2D eigenvalue weighted by atomic mass is 35.5. The monoisotopic (exact) mass is 496 g/mol. The number of aromatic nitrogens is 2. The highest BCUT2D eigenvalue weighted by molar-refractivity contribution is 7.99.